The number of aromatic nitrogens is 4. The first kappa shape index (κ1) is 12.6. The monoisotopic (exact) mass is 290 g/mol. The van der Waals surface area contributed by atoms with E-state index >= 15 is 0 Å². The number of imidazole rings is 1. The summed E-state index contributed by atoms with van der Waals surface area (Å²) >= 11 is 0. The van der Waals surface area contributed by atoms with Crippen LogP contribution < -0.4 is 5.56 Å². The van der Waals surface area contributed by atoms with Crippen molar-refractivity contribution >= 4 is 11.0 Å². The van der Waals surface area contributed by atoms with Crippen LogP contribution in [0.15, 0.2) is 65.5 Å². The van der Waals surface area contributed by atoms with Crippen LogP contribution in [0.25, 0.3) is 16.7 Å². The number of nitrogens with zero attached hydrogens (tertiary/aromatic N) is 2. The molecule has 0 bridgehead atoms. The Bertz CT molecular complexity index is 945. The van der Waals surface area contributed by atoms with Gasteiger partial charge in [0.25, 0.3) is 5.56 Å². The second-order valence-electron chi connectivity index (χ2n) is 5.17. The van der Waals surface area contributed by atoms with E-state index in [4.69, 9.17) is 0 Å². The predicted octanol–water partition coefficient (Wildman–Crippen LogP) is 2.63. The molecule has 2 aromatic carbocycles. The Hall–Kier alpha value is -3.08. The van der Waals surface area contributed by atoms with Crippen molar-refractivity contribution in [3.63, 3.8) is 0 Å². The Morgan fingerprint density at radius 3 is 2.59 bits per heavy atom. The van der Waals surface area contributed by atoms with Crippen LogP contribution in [0.4, 0.5) is 0 Å². The molecule has 2 heterocycles. The average molecular weight is 290 g/mol. The van der Waals surface area contributed by atoms with Gasteiger partial charge in [0, 0.05) is 18.2 Å². The van der Waals surface area contributed by atoms with Crippen molar-refractivity contribution in [2.24, 2.45) is 0 Å². The molecule has 0 unspecified atom stereocenters. The summed E-state index contributed by atoms with van der Waals surface area (Å²) < 4.78 is 1.54. The van der Waals surface area contributed by atoms with Crippen LogP contribution >= 0.6 is 0 Å². The summed E-state index contributed by atoms with van der Waals surface area (Å²) in [6, 6.07) is 19.0. The second-order valence-corrected chi connectivity index (χ2v) is 5.17. The first-order chi connectivity index (χ1) is 10.8. The summed E-state index contributed by atoms with van der Waals surface area (Å²) in [5, 5.41) is 3.13. The number of para-hydroxylation sites is 3. The number of benzene rings is 2. The third-order valence-electron chi connectivity index (χ3n) is 3.58. The Kier molecular flexibility index (Phi) is 2.89. The number of rotatable bonds is 3. The highest BCUT2D eigenvalue weighted by Crippen LogP contribution is 2.12. The van der Waals surface area contributed by atoms with Crippen LogP contribution in [0.2, 0.25) is 0 Å². The molecule has 108 valence electrons. The summed E-state index contributed by atoms with van der Waals surface area (Å²) in [4.78, 5) is 19.9. The molecule has 2 aromatic heterocycles. The molecule has 22 heavy (non-hydrogen) atoms. The first-order valence-electron chi connectivity index (χ1n) is 7.09. The minimum Gasteiger partial charge on any atom is -0.342 e. The second kappa shape index (κ2) is 5.04. The van der Waals surface area contributed by atoms with Gasteiger partial charge >= 0.3 is 0 Å². The maximum Gasteiger partial charge on any atom is 0.271 e. The smallest absolute Gasteiger partial charge is 0.271 e. The number of aromatic amines is 2. The van der Waals surface area contributed by atoms with Gasteiger partial charge in [0.1, 0.15) is 5.82 Å². The van der Waals surface area contributed by atoms with Crippen molar-refractivity contribution < 1.29 is 0 Å². The SMILES string of the molecule is O=c1cc(Cc2nc3ccccc3[nH]2)[nH]n1-c1ccccc1. The summed E-state index contributed by atoms with van der Waals surface area (Å²) in [6.45, 7) is 0. The summed E-state index contributed by atoms with van der Waals surface area (Å²) in [7, 11) is 0. The zero-order chi connectivity index (χ0) is 14.9. The molecule has 0 radical (unpaired) electrons. The number of hydrogen-bond acceptors (Lipinski definition) is 2. The van der Waals surface area contributed by atoms with Gasteiger partial charge in [-0.3, -0.25) is 9.89 Å². The minimum absolute atomic E-state index is 0.0719. The zero-order valence-electron chi connectivity index (χ0n) is 11.8. The summed E-state index contributed by atoms with van der Waals surface area (Å²) in [6.07, 6.45) is 0.559. The fourth-order valence-electron chi connectivity index (χ4n) is 2.57. The normalized spacial score (nSPS) is 11.1. The van der Waals surface area contributed by atoms with E-state index in [1.807, 2.05) is 54.6 Å². The third-order valence-corrected chi connectivity index (χ3v) is 3.58. The van der Waals surface area contributed by atoms with E-state index in [2.05, 4.69) is 15.1 Å². The first-order valence-corrected chi connectivity index (χ1v) is 7.09. The van der Waals surface area contributed by atoms with Crippen molar-refractivity contribution in [2.75, 3.05) is 0 Å². The van der Waals surface area contributed by atoms with Gasteiger partial charge in [-0.25, -0.2) is 9.67 Å². The molecule has 0 saturated carbocycles. The van der Waals surface area contributed by atoms with Crippen LogP contribution in [0.3, 0.4) is 0 Å². The lowest BCUT2D eigenvalue weighted by Crippen LogP contribution is -2.12. The Labute approximate surface area is 126 Å². The molecule has 0 saturated heterocycles. The topological polar surface area (TPSA) is 66.5 Å². The average Bonchev–Trinajstić information content (AvgIpc) is 3.11. The molecule has 0 spiro atoms. The Morgan fingerprint density at radius 2 is 1.77 bits per heavy atom. The molecule has 0 amide bonds. The Balaban J connectivity index is 1.68. The van der Waals surface area contributed by atoms with E-state index in [0.717, 1.165) is 28.2 Å². The minimum atomic E-state index is -0.0719. The standard InChI is InChI=1S/C17H14N4O/c22-17-11-12(20-21(17)13-6-2-1-3-7-13)10-16-18-14-8-4-5-9-15(14)19-16/h1-9,11,20H,10H2,(H,18,19). The molecular formula is C17H14N4O. The highest BCUT2D eigenvalue weighted by molar-refractivity contribution is 5.74. The van der Waals surface area contributed by atoms with Crippen LogP contribution in [0.1, 0.15) is 11.5 Å². The largest absolute Gasteiger partial charge is 0.342 e. The lowest BCUT2D eigenvalue weighted by molar-refractivity contribution is 0.818. The molecule has 4 rings (SSSR count). The molecule has 4 aromatic rings. The third kappa shape index (κ3) is 2.22. The highest BCUT2D eigenvalue weighted by atomic mass is 16.1. The molecule has 0 aliphatic carbocycles. The van der Waals surface area contributed by atoms with E-state index in [1.165, 1.54) is 4.68 Å². The molecule has 0 atom stereocenters. The van der Waals surface area contributed by atoms with Crippen LogP contribution in [0.5, 0.6) is 0 Å². The zero-order valence-corrected chi connectivity index (χ0v) is 11.8. The van der Waals surface area contributed by atoms with Gasteiger partial charge in [-0.2, -0.15) is 0 Å². The van der Waals surface area contributed by atoms with E-state index in [9.17, 15) is 4.79 Å². The maximum atomic E-state index is 12.1. The van der Waals surface area contributed by atoms with Crippen LogP contribution in [-0.2, 0) is 6.42 Å². The predicted molar refractivity (Wildman–Crippen MR) is 85.3 cm³/mol. The van der Waals surface area contributed by atoms with Crippen molar-refractivity contribution in [3.8, 4) is 5.69 Å². The lowest BCUT2D eigenvalue weighted by Gasteiger charge is -2.00. The van der Waals surface area contributed by atoms with Crippen molar-refractivity contribution in [3.05, 3.63) is 82.5 Å². The fourth-order valence-corrected chi connectivity index (χ4v) is 2.57. The quantitative estimate of drug-likeness (QED) is 0.609. The van der Waals surface area contributed by atoms with E-state index in [0.29, 0.717) is 6.42 Å². The van der Waals surface area contributed by atoms with Gasteiger partial charge in [0.05, 0.1) is 16.7 Å². The number of nitrogens with one attached hydrogen (secondary N) is 2. The molecule has 5 heteroatoms. The van der Waals surface area contributed by atoms with Gasteiger partial charge in [0.15, 0.2) is 0 Å². The van der Waals surface area contributed by atoms with E-state index < -0.39 is 0 Å². The van der Waals surface area contributed by atoms with Crippen LogP contribution in [0, 0.1) is 0 Å². The maximum absolute atomic E-state index is 12.1. The van der Waals surface area contributed by atoms with Gasteiger partial charge in [-0.15, -0.1) is 0 Å². The lowest BCUT2D eigenvalue weighted by atomic mass is 10.3. The van der Waals surface area contributed by atoms with Gasteiger partial charge in [-0.1, -0.05) is 30.3 Å². The van der Waals surface area contributed by atoms with Gasteiger partial charge in [-0.05, 0) is 24.3 Å². The molecule has 0 fully saturated rings. The fraction of sp³-hybridized carbons (Fsp3) is 0.0588. The Morgan fingerprint density at radius 1 is 1.00 bits per heavy atom. The number of hydrogen-bond donors (Lipinski definition) is 2. The van der Waals surface area contributed by atoms with Gasteiger partial charge < -0.3 is 4.98 Å². The van der Waals surface area contributed by atoms with Gasteiger partial charge in [0.2, 0.25) is 0 Å². The number of H-pyrrole nitrogens is 2. The molecular weight excluding hydrogens is 276 g/mol. The van der Waals surface area contributed by atoms with Crippen molar-refractivity contribution in [1.29, 1.82) is 0 Å². The molecule has 0 aliphatic rings. The molecule has 2 N–H and O–H groups in total. The van der Waals surface area contributed by atoms with Crippen molar-refractivity contribution in [1.82, 2.24) is 19.7 Å². The molecule has 5 nitrogen and oxygen atoms in total. The number of fused-ring (bicyclic) bond motifs is 1. The summed E-state index contributed by atoms with van der Waals surface area (Å²) in [5.41, 5.74) is 3.51. The highest BCUT2D eigenvalue weighted by Gasteiger charge is 2.08. The van der Waals surface area contributed by atoms with Crippen LogP contribution in [-0.4, -0.2) is 19.7 Å². The van der Waals surface area contributed by atoms with E-state index in [1.54, 1.807) is 6.07 Å². The molecule has 0 aliphatic heterocycles. The van der Waals surface area contributed by atoms with Crippen molar-refractivity contribution in [2.45, 2.75) is 6.42 Å². The summed E-state index contributed by atoms with van der Waals surface area (Å²) in [5.74, 6) is 0.836. The van der Waals surface area contributed by atoms with E-state index in [-0.39, 0.29) is 5.56 Å².